The molecule has 0 spiro atoms. The molecule has 0 aliphatic heterocycles. The van der Waals surface area contributed by atoms with Gasteiger partial charge in [0.25, 0.3) is 0 Å². The Kier molecular flexibility index (Phi) is 3.69. The first-order valence-corrected chi connectivity index (χ1v) is 5.65. The normalized spacial score (nSPS) is 11.4. The Morgan fingerprint density at radius 3 is 2.47 bits per heavy atom. The van der Waals surface area contributed by atoms with Gasteiger partial charge < -0.3 is 5.32 Å². The van der Waals surface area contributed by atoms with Gasteiger partial charge in [-0.05, 0) is 24.6 Å². The van der Waals surface area contributed by atoms with Gasteiger partial charge in [-0.3, -0.25) is 0 Å². The molecule has 0 atom stereocenters. The maximum absolute atomic E-state index is 12.3. The average molecular weight is 267 g/mol. The Morgan fingerprint density at radius 2 is 1.89 bits per heavy atom. The minimum Gasteiger partial charge on any atom is -0.365 e. The molecule has 0 amide bonds. The smallest absolute Gasteiger partial charge is 0.365 e. The van der Waals surface area contributed by atoms with Crippen LogP contribution in [-0.4, -0.2) is 10.2 Å². The van der Waals surface area contributed by atoms with Gasteiger partial charge in [0, 0.05) is 6.54 Å². The molecule has 1 N–H and O–H groups in total. The van der Waals surface area contributed by atoms with Crippen LogP contribution >= 0.6 is 0 Å². The molecular weight excluding hydrogens is 255 g/mol. The van der Waals surface area contributed by atoms with E-state index in [0.717, 1.165) is 17.2 Å². The molecule has 0 fully saturated rings. The highest BCUT2D eigenvalue weighted by atomic mass is 19.4. The van der Waals surface area contributed by atoms with E-state index in [0.29, 0.717) is 12.4 Å². The third kappa shape index (κ3) is 3.67. The predicted octanol–water partition coefficient (Wildman–Crippen LogP) is 3.42. The first-order valence-electron chi connectivity index (χ1n) is 5.65. The van der Waals surface area contributed by atoms with E-state index in [1.165, 1.54) is 6.07 Å². The number of halogens is 3. The standard InChI is InChI=1S/C13H12F3N3/c1-9-3-2-4-10(7-9)8-17-12-6-5-11(18-19-12)13(14,15)16/h2-7H,8H2,1H3,(H,17,19). The van der Waals surface area contributed by atoms with Crippen LogP contribution in [0.15, 0.2) is 36.4 Å². The van der Waals surface area contributed by atoms with Crippen LogP contribution in [0.25, 0.3) is 0 Å². The Balaban J connectivity index is 2.01. The third-order valence-corrected chi connectivity index (χ3v) is 2.51. The van der Waals surface area contributed by atoms with Gasteiger partial charge in [-0.25, -0.2) is 0 Å². The molecule has 1 aromatic heterocycles. The lowest BCUT2D eigenvalue weighted by molar-refractivity contribution is -0.141. The number of nitrogens with zero attached hydrogens (tertiary/aromatic N) is 2. The number of alkyl halides is 3. The fourth-order valence-corrected chi connectivity index (χ4v) is 1.59. The van der Waals surface area contributed by atoms with Gasteiger partial charge in [0.15, 0.2) is 5.69 Å². The Hall–Kier alpha value is -2.11. The van der Waals surface area contributed by atoms with E-state index < -0.39 is 11.9 Å². The number of hydrogen-bond acceptors (Lipinski definition) is 3. The van der Waals surface area contributed by atoms with Crippen molar-refractivity contribution in [2.24, 2.45) is 0 Å². The molecule has 0 saturated carbocycles. The van der Waals surface area contributed by atoms with E-state index in [2.05, 4.69) is 15.5 Å². The summed E-state index contributed by atoms with van der Waals surface area (Å²) in [6, 6.07) is 9.99. The monoisotopic (exact) mass is 267 g/mol. The van der Waals surface area contributed by atoms with Crippen molar-refractivity contribution in [2.45, 2.75) is 19.6 Å². The van der Waals surface area contributed by atoms with Gasteiger partial charge in [-0.15, -0.1) is 10.2 Å². The largest absolute Gasteiger partial charge is 0.435 e. The summed E-state index contributed by atoms with van der Waals surface area (Å²) in [5, 5.41) is 9.57. The summed E-state index contributed by atoms with van der Waals surface area (Å²) in [4.78, 5) is 0. The SMILES string of the molecule is Cc1cccc(CNc2ccc(C(F)(F)F)nn2)c1. The molecule has 0 unspecified atom stereocenters. The summed E-state index contributed by atoms with van der Waals surface area (Å²) >= 11 is 0. The second kappa shape index (κ2) is 5.26. The molecule has 2 aromatic rings. The molecule has 100 valence electrons. The predicted molar refractivity (Wildman–Crippen MR) is 65.5 cm³/mol. The highest BCUT2D eigenvalue weighted by Gasteiger charge is 2.32. The van der Waals surface area contributed by atoms with Gasteiger partial charge in [-0.2, -0.15) is 13.2 Å². The lowest BCUT2D eigenvalue weighted by Gasteiger charge is -2.07. The average Bonchev–Trinajstić information content (AvgIpc) is 2.36. The number of aryl methyl sites for hydroxylation is 1. The second-order valence-corrected chi connectivity index (χ2v) is 4.14. The summed E-state index contributed by atoms with van der Waals surface area (Å²) < 4.78 is 36.9. The van der Waals surface area contributed by atoms with Crippen molar-refractivity contribution < 1.29 is 13.2 Å². The van der Waals surface area contributed by atoms with Crippen LogP contribution < -0.4 is 5.32 Å². The van der Waals surface area contributed by atoms with E-state index in [1.807, 2.05) is 31.2 Å². The zero-order valence-electron chi connectivity index (χ0n) is 10.2. The van der Waals surface area contributed by atoms with Crippen molar-refractivity contribution in [2.75, 3.05) is 5.32 Å². The number of aromatic nitrogens is 2. The van der Waals surface area contributed by atoms with Crippen molar-refractivity contribution in [1.29, 1.82) is 0 Å². The highest BCUT2D eigenvalue weighted by Crippen LogP contribution is 2.27. The van der Waals surface area contributed by atoms with E-state index in [9.17, 15) is 13.2 Å². The Bertz CT molecular complexity index is 550. The van der Waals surface area contributed by atoms with Gasteiger partial charge in [0.2, 0.25) is 0 Å². The van der Waals surface area contributed by atoms with Gasteiger partial charge in [0.05, 0.1) is 0 Å². The summed E-state index contributed by atoms with van der Waals surface area (Å²) in [6.45, 7) is 2.46. The maximum Gasteiger partial charge on any atom is 0.435 e. The van der Waals surface area contributed by atoms with E-state index >= 15 is 0 Å². The van der Waals surface area contributed by atoms with Crippen molar-refractivity contribution in [3.05, 3.63) is 53.2 Å². The number of anilines is 1. The summed E-state index contributed by atoms with van der Waals surface area (Å²) in [6.07, 6.45) is -4.46. The molecule has 0 bridgehead atoms. The Labute approximate surface area is 108 Å². The van der Waals surface area contributed by atoms with Crippen molar-refractivity contribution in [3.8, 4) is 0 Å². The molecule has 3 nitrogen and oxygen atoms in total. The molecule has 0 saturated heterocycles. The molecule has 1 aromatic carbocycles. The highest BCUT2D eigenvalue weighted by molar-refractivity contribution is 5.35. The Morgan fingerprint density at radius 1 is 1.11 bits per heavy atom. The zero-order valence-corrected chi connectivity index (χ0v) is 10.2. The van der Waals surface area contributed by atoms with Crippen LogP contribution in [0, 0.1) is 6.92 Å². The van der Waals surface area contributed by atoms with Crippen molar-refractivity contribution in [1.82, 2.24) is 10.2 Å². The van der Waals surface area contributed by atoms with Crippen molar-refractivity contribution in [3.63, 3.8) is 0 Å². The molecule has 0 aliphatic carbocycles. The van der Waals surface area contributed by atoms with Crippen LogP contribution in [0.3, 0.4) is 0 Å². The van der Waals surface area contributed by atoms with Gasteiger partial charge >= 0.3 is 6.18 Å². The van der Waals surface area contributed by atoms with Crippen LogP contribution in [0.2, 0.25) is 0 Å². The second-order valence-electron chi connectivity index (χ2n) is 4.14. The van der Waals surface area contributed by atoms with Gasteiger partial charge in [-0.1, -0.05) is 29.8 Å². The fraction of sp³-hybridized carbons (Fsp3) is 0.231. The molecule has 0 radical (unpaired) electrons. The molecule has 19 heavy (non-hydrogen) atoms. The zero-order chi connectivity index (χ0) is 13.9. The number of benzene rings is 1. The van der Waals surface area contributed by atoms with E-state index in [-0.39, 0.29) is 0 Å². The van der Waals surface area contributed by atoms with Crippen LogP contribution in [-0.2, 0) is 12.7 Å². The first-order chi connectivity index (χ1) is 8.95. The van der Waals surface area contributed by atoms with E-state index in [4.69, 9.17) is 0 Å². The quantitative estimate of drug-likeness (QED) is 0.926. The summed E-state index contributed by atoms with van der Waals surface area (Å²) in [7, 11) is 0. The van der Waals surface area contributed by atoms with Crippen LogP contribution in [0.4, 0.5) is 19.0 Å². The third-order valence-electron chi connectivity index (χ3n) is 2.51. The first kappa shape index (κ1) is 13.3. The minimum absolute atomic E-state index is 0.314. The maximum atomic E-state index is 12.3. The number of rotatable bonds is 3. The summed E-state index contributed by atoms with van der Waals surface area (Å²) in [5.41, 5.74) is 1.16. The van der Waals surface area contributed by atoms with Crippen LogP contribution in [0.5, 0.6) is 0 Å². The summed E-state index contributed by atoms with van der Waals surface area (Å²) in [5.74, 6) is 0.314. The van der Waals surface area contributed by atoms with Gasteiger partial charge in [0.1, 0.15) is 5.82 Å². The van der Waals surface area contributed by atoms with E-state index in [1.54, 1.807) is 0 Å². The molecule has 2 rings (SSSR count). The molecule has 6 heteroatoms. The lowest BCUT2D eigenvalue weighted by atomic mass is 10.1. The van der Waals surface area contributed by atoms with Crippen molar-refractivity contribution >= 4 is 5.82 Å². The minimum atomic E-state index is -4.46. The molecule has 1 heterocycles. The number of nitrogens with one attached hydrogen (secondary N) is 1. The van der Waals surface area contributed by atoms with Crippen LogP contribution in [0.1, 0.15) is 16.8 Å². The molecule has 0 aliphatic rings. The fourth-order valence-electron chi connectivity index (χ4n) is 1.59. The molecular formula is C13H12F3N3. The number of hydrogen-bond donors (Lipinski definition) is 1. The topological polar surface area (TPSA) is 37.8 Å². The lowest BCUT2D eigenvalue weighted by Crippen LogP contribution is -2.10.